The number of nitrogens with zero attached hydrogens (tertiary/aromatic N) is 3. The second-order valence-electron chi connectivity index (χ2n) is 4.78. The number of carbonyl (C=O) groups excluding carboxylic acids is 1. The summed E-state index contributed by atoms with van der Waals surface area (Å²) in [7, 11) is 0. The fourth-order valence-corrected chi connectivity index (χ4v) is 2.48. The minimum Gasteiger partial charge on any atom is -0.338 e. The van der Waals surface area contributed by atoms with Gasteiger partial charge in [-0.3, -0.25) is 14.9 Å². The molecule has 2 rings (SSSR count). The molecule has 1 atom stereocenters. The van der Waals surface area contributed by atoms with Crippen LogP contribution in [0.5, 0.6) is 0 Å². The van der Waals surface area contributed by atoms with Crippen LogP contribution in [0.2, 0.25) is 5.15 Å². The van der Waals surface area contributed by atoms with Crippen LogP contribution < -0.4 is 5.73 Å². The molecule has 0 aliphatic carbocycles. The van der Waals surface area contributed by atoms with Crippen molar-refractivity contribution in [1.29, 1.82) is 0 Å². The van der Waals surface area contributed by atoms with E-state index in [2.05, 4.69) is 4.98 Å². The number of amides is 1. The minimum absolute atomic E-state index is 0.0181. The molecular weight excluding hydrogens is 284 g/mol. The van der Waals surface area contributed by atoms with Crippen molar-refractivity contribution in [2.75, 3.05) is 19.6 Å². The van der Waals surface area contributed by atoms with Gasteiger partial charge in [0, 0.05) is 19.2 Å². The Morgan fingerprint density at radius 1 is 1.65 bits per heavy atom. The first-order valence-electron chi connectivity index (χ1n) is 6.32. The van der Waals surface area contributed by atoms with Crippen molar-refractivity contribution in [3.05, 3.63) is 33.1 Å². The monoisotopic (exact) mass is 298 g/mol. The summed E-state index contributed by atoms with van der Waals surface area (Å²) in [6.45, 7) is 1.67. The number of pyridine rings is 1. The largest absolute Gasteiger partial charge is 0.338 e. The molecule has 1 unspecified atom stereocenters. The maximum absolute atomic E-state index is 12.4. The van der Waals surface area contributed by atoms with Crippen LogP contribution >= 0.6 is 11.6 Å². The standard InChI is InChI=1S/C12H15ClN4O3/c13-11-10(4-9(6-15-11)17(19)20)12(18)16-3-1-2-8(5-14)7-16/h4,6,8H,1-3,5,7,14H2. The molecule has 0 saturated carbocycles. The van der Waals surface area contributed by atoms with E-state index >= 15 is 0 Å². The van der Waals surface area contributed by atoms with E-state index in [4.69, 9.17) is 17.3 Å². The molecular formula is C12H15ClN4O3. The van der Waals surface area contributed by atoms with Crippen molar-refractivity contribution < 1.29 is 9.72 Å². The van der Waals surface area contributed by atoms with Crippen LogP contribution in [-0.4, -0.2) is 40.3 Å². The third kappa shape index (κ3) is 3.05. The second kappa shape index (κ2) is 6.15. The lowest BCUT2D eigenvalue weighted by molar-refractivity contribution is -0.385. The molecule has 0 bridgehead atoms. The lowest BCUT2D eigenvalue weighted by atomic mass is 9.98. The van der Waals surface area contributed by atoms with E-state index in [-0.39, 0.29) is 28.2 Å². The minimum atomic E-state index is -0.598. The molecule has 108 valence electrons. The number of aromatic nitrogens is 1. The van der Waals surface area contributed by atoms with Crippen molar-refractivity contribution in [3.63, 3.8) is 0 Å². The molecule has 2 N–H and O–H groups in total. The summed E-state index contributed by atoms with van der Waals surface area (Å²) in [6, 6.07) is 1.17. The summed E-state index contributed by atoms with van der Waals surface area (Å²) in [5.74, 6) is -0.0671. The summed E-state index contributed by atoms with van der Waals surface area (Å²) >= 11 is 5.88. The Kier molecular flexibility index (Phi) is 4.51. The molecule has 0 spiro atoms. The first-order valence-corrected chi connectivity index (χ1v) is 6.70. The van der Waals surface area contributed by atoms with E-state index in [1.165, 1.54) is 6.07 Å². The zero-order chi connectivity index (χ0) is 14.7. The molecule has 1 amide bonds. The van der Waals surface area contributed by atoms with E-state index in [1.807, 2.05) is 0 Å². The summed E-state index contributed by atoms with van der Waals surface area (Å²) in [5.41, 5.74) is 5.46. The Morgan fingerprint density at radius 2 is 2.40 bits per heavy atom. The van der Waals surface area contributed by atoms with Gasteiger partial charge in [0.2, 0.25) is 0 Å². The van der Waals surface area contributed by atoms with Crippen LogP contribution in [0.1, 0.15) is 23.2 Å². The molecule has 7 nitrogen and oxygen atoms in total. The van der Waals surface area contributed by atoms with Gasteiger partial charge in [0.15, 0.2) is 0 Å². The van der Waals surface area contributed by atoms with Gasteiger partial charge < -0.3 is 10.6 Å². The predicted molar refractivity (Wildman–Crippen MR) is 73.6 cm³/mol. The molecule has 0 radical (unpaired) electrons. The zero-order valence-electron chi connectivity index (χ0n) is 10.8. The highest BCUT2D eigenvalue weighted by atomic mass is 35.5. The lowest BCUT2D eigenvalue weighted by Gasteiger charge is -2.32. The molecule has 1 aromatic heterocycles. The number of hydrogen-bond donors (Lipinski definition) is 1. The molecule has 1 aromatic rings. The first-order chi connectivity index (χ1) is 9.52. The van der Waals surface area contributed by atoms with Gasteiger partial charge in [-0.1, -0.05) is 11.6 Å². The summed E-state index contributed by atoms with van der Waals surface area (Å²) in [6.07, 6.45) is 2.90. The summed E-state index contributed by atoms with van der Waals surface area (Å²) in [5, 5.41) is 10.7. The van der Waals surface area contributed by atoms with Gasteiger partial charge in [-0.2, -0.15) is 0 Å². The Morgan fingerprint density at radius 3 is 3.05 bits per heavy atom. The first kappa shape index (κ1) is 14.7. The normalized spacial score (nSPS) is 18.9. The third-order valence-corrected chi connectivity index (χ3v) is 3.71. The quantitative estimate of drug-likeness (QED) is 0.517. The molecule has 1 aliphatic heterocycles. The molecule has 0 aromatic carbocycles. The number of carbonyl (C=O) groups is 1. The van der Waals surface area contributed by atoms with Crippen molar-refractivity contribution in [1.82, 2.24) is 9.88 Å². The fourth-order valence-electron chi connectivity index (χ4n) is 2.30. The van der Waals surface area contributed by atoms with Crippen molar-refractivity contribution in [3.8, 4) is 0 Å². The highest BCUT2D eigenvalue weighted by molar-refractivity contribution is 6.32. The van der Waals surface area contributed by atoms with Gasteiger partial charge in [-0.05, 0) is 25.3 Å². The SMILES string of the molecule is NCC1CCCN(C(=O)c2cc([N+](=O)[O-])cnc2Cl)C1. The summed E-state index contributed by atoms with van der Waals surface area (Å²) in [4.78, 5) is 27.9. The van der Waals surface area contributed by atoms with Crippen LogP contribution in [-0.2, 0) is 0 Å². The number of halogens is 1. The zero-order valence-corrected chi connectivity index (χ0v) is 11.5. The van der Waals surface area contributed by atoms with Crippen molar-refractivity contribution in [2.24, 2.45) is 11.7 Å². The Bertz CT molecular complexity index is 537. The van der Waals surface area contributed by atoms with Gasteiger partial charge in [-0.25, -0.2) is 4.98 Å². The van der Waals surface area contributed by atoms with Crippen LogP contribution in [0.3, 0.4) is 0 Å². The number of nitro groups is 1. The number of hydrogen-bond acceptors (Lipinski definition) is 5. The smallest absolute Gasteiger partial charge is 0.288 e. The van der Waals surface area contributed by atoms with Crippen LogP contribution in [0.25, 0.3) is 0 Å². The highest BCUT2D eigenvalue weighted by Gasteiger charge is 2.26. The van der Waals surface area contributed by atoms with Gasteiger partial charge in [0.05, 0.1) is 10.5 Å². The maximum atomic E-state index is 12.4. The third-order valence-electron chi connectivity index (χ3n) is 3.41. The molecule has 1 fully saturated rings. The van der Waals surface area contributed by atoms with E-state index < -0.39 is 4.92 Å². The Hall–Kier alpha value is -1.73. The van der Waals surface area contributed by atoms with E-state index in [0.29, 0.717) is 19.6 Å². The van der Waals surface area contributed by atoms with Crippen LogP contribution in [0.4, 0.5) is 5.69 Å². The van der Waals surface area contributed by atoms with E-state index in [1.54, 1.807) is 4.90 Å². The Balaban J connectivity index is 2.24. The predicted octanol–water partition coefficient (Wildman–Crippen LogP) is 1.45. The highest BCUT2D eigenvalue weighted by Crippen LogP contribution is 2.23. The lowest BCUT2D eigenvalue weighted by Crippen LogP contribution is -2.42. The fraction of sp³-hybridized carbons (Fsp3) is 0.500. The maximum Gasteiger partial charge on any atom is 0.288 e. The van der Waals surface area contributed by atoms with Crippen molar-refractivity contribution >= 4 is 23.2 Å². The van der Waals surface area contributed by atoms with Gasteiger partial charge in [-0.15, -0.1) is 0 Å². The van der Waals surface area contributed by atoms with E-state index in [0.717, 1.165) is 19.0 Å². The van der Waals surface area contributed by atoms with Gasteiger partial charge in [0.1, 0.15) is 11.3 Å². The van der Waals surface area contributed by atoms with Gasteiger partial charge in [0.25, 0.3) is 11.6 Å². The van der Waals surface area contributed by atoms with Crippen molar-refractivity contribution in [2.45, 2.75) is 12.8 Å². The molecule has 20 heavy (non-hydrogen) atoms. The number of piperidine rings is 1. The van der Waals surface area contributed by atoms with E-state index in [9.17, 15) is 14.9 Å². The van der Waals surface area contributed by atoms with Crippen LogP contribution in [0, 0.1) is 16.0 Å². The number of nitrogens with two attached hydrogens (primary N) is 1. The average molecular weight is 299 g/mol. The molecule has 1 aliphatic rings. The molecule has 2 heterocycles. The molecule has 8 heteroatoms. The van der Waals surface area contributed by atoms with Gasteiger partial charge >= 0.3 is 0 Å². The number of rotatable bonds is 3. The summed E-state index contributed by atoms with van der Waals surface area (Å²) < 4.78 is 0. The second-order valence-corrected chi connectivity index (χ2v) is 5.14. The molecule has 1 saturated heterocycles. The number of likely N-dealkylation sites (tertiary alicyclic amines) is 1. The average Bonchev–Trinajstić information content (AvgIpc) is 2.46. The Labute approximate surface area is 120 Å². The van der Waals surface area contributed by atoms with Crippen LogP contribution in [0.15, 0.2) is 12.3 Å². The topological polar surface area (TPSA) is 102 Å².